The Hall–Kier alpha value is -1.87. The second kappa shape index (κ2) is 8.47. The van der Waals surface area contributed by atoms with Gasteiger partial charge < -0.3 is 14.8 Å². The van der Waals surface area contributed by atoms with Gasteiger partial charge in [0.15, 0.2) is 5.13 Å². The number of aromatic nitrogens is 1. The molecule has 6 nitrogen and oxygen atoms in total. The molecule has 3 heterocycles. The van der Waals surface area contributed by atoms with Gasteiger partial charge in [0.25, 0.3) is 0 Å². The van der Waals surface area contributed by atoms with E-state index in [1.54, 1.807) is 19.2 Å². The number of likely N-dealkylation sites (tertiary alicyclic amines) is 1. The molecule has 0 bridgehead atoms. The molecule has 1 spiro atoms. The molecule has 0 unspecified atom stereocenters. The molecule has 0 radical (unpaired) electrons. The third kappa shape index (κ3) is 4.35. The molecule has 156 valence electrons. The molecular formula is C21H26FN3O3S. The van der Waals surface area contributed by atoms with E-state index in [1.807, 2.05) is 6.92 Å². The monoisotopic (exact) mass is 419 g/mol. The lowest BCUT2D eigenvalue weighted by atomic mass is 9.87. The lowest BCUT2D eigenvalue weighted by molar-refractivity contribution is -0.146. The number of thiazole rings is 1. The van der Waals surface area contributed by atoms with Crippen molar-refractivity contribution in [2.75, 3.05) is 38.7 Å². The number of ether oxygens (including phenoxy) is 2. The van der Waals surface area contributed by atoms with E-state index < -0.39 is 0 Å². The molecule has 0 saturated carbocycles. The zero-order valence-electron chi connectivity index (χ0n) is 16.7. The number of carbonyl (C=O) groups excluding carboxylic acids is 1. The van der Waals surface area contributed by atoms with Gasteiger partial charge in [0.2, 0.25) is 5.91 Å². The van der Waals surface area contributed by atoms with Crippen LogP contribution in [0, 0.1) is 12.7 Å². The fourth-order valence-corrected chi connectivity index (χ4v) is 5.23. The Balaban J connectivity index is 1.39. The summed E-state index contributed by atoms with van der Waals surface area (Å²) in [6.45, 7) is 4.50. The average Bonchev–Trinajstić information content (AvgIpc) is 3.29. The largest absolute Gasteiger partial charge is 0.378 e. The summed E-state index contributed by atoms with van der Waals surface area (Å²) >= 11 is 1.43. The minimum absolute atomic E-state index is 0.0872. The van der Waals surface area contributed by atoms with Crippen LogP contribution in [-0.2, 0) is 14.3 Å². The molecule has 1 N–H and O–H groups in total. The number of benzene rings is 1. The first-order valence-corrected chi connectivity index (χ1v) is 10.7. The van der Waals surface area contributed by atoms with Crippen molar-refractivity contribution in [3.8, 4) is 11.3 Å². The minimum Gasteiger partial charge on any atom is -0.378 e. The number of rotatable bonds is 5. The number of nitrogens with zero attached hydrogens (tertiary/aromatic N) is 2. The van der Waals surface area contributed by atoms with E-state index in [0.29, 0.717) is 18.2 Å². The van der Waals surface area contributed by atoms with Crippen LogP contribution in [0.3, 0.4) is 0 Å². The van der Waals surface area contributed by atoms with Gasteiger partial charge in [-0.05, 0) is 50.5 Å². The fraction of sp³-hybridized carbons (Fsp3) is 0.524. The highest BCUT2D eigenvalue weighted by atomic mass is 32.1. The van der Waals surface area contributed by atoms with E-state index in [1.165, 1.54) is 23.5 Å². The number of nitrogens with one attached hydrogen (secondary N) is 1. The van der Waals surface area contributed by atoms with Crippen LogP contribution in [0.1, 0.15) is 24.1 Å². The van der Waals surface area contributed by atoms with Crippen LogP contribution in [0.25, 0.3) is 11.3 Å². The van der Waals surface area contributed by atoms with E-state index >= 15 is 0 Å². The molecular weight excluding hydrogens is 393 g/mol. The Bertz CT molecular complexity index is 865. The molecule has 8 heteroatoms. The molecule has 1 aromatic heterocycles. The Morgan fingerprint density at radius 2 is 2.24 bits per heavy atom. The number of aryl methyl sites for hydroxylation is 1. The molecule has 1 amide bonds. The summed E-state index contributed by atoms with van der Waals surface area (Å²) in [5, 5.41) is 3.48. The number of halogens is 1. The molecule has 2 aliphatic heterocycles. The van der Waals surface area contributed by atoms with Gasteiger partial charge in [0, 0.05) is 37.2 Å². The summed E-state index contributed by atoms with van der Waals surface area (Å²) < 4.78 is 24.9. The van der Waals surface area contributed by atoms with Gasteiger partial charge in [-0.1, -0.05) is 0 Å². The van der Waals surface area contributed by atoms with Crippen molar-refractivity contribution in [3.05, 3.63) is 35.0 Å². The van der Waals surface area contributed by atoms with E-state index in [2.05, 4.69) is 15.2 Å². The van der Waals surface area contributed by atoms with E-state index in [4.69, 9.17) is 9.47 Å². The molecule has 0 aliphatic carbocycles. The predicted octanol–water partition coefficient (Wildman–Crippen LogP) is 3.47. The van der Waals surface area contributed by atoms with E-state index in [-0.39, 0.29) is 23.4 Å². The van der Waals surface area contributed by atoms with Gasteiger partial charge >= 0.3 is 0 Å². The van der Waals surface area contributed by atoms with Crippen molar-refractivity contribution in [2.45, 2.75) is 37.9 Å². The fourth-order valence-electron chi connectivity index (χ4n) is 4.37. The Morgan fingerprint density at radius 3 is 2.93 bits per heavy atom. The zero-order chi connectivity index (χ0) is 20.4. The number of carbonyl (C=O) groups is 1. The second-order valence-electron chi connectivity index (χ2n) is 7.72. The maximum atomic E-state index is 13.2. The molecule has 2 fully saturated rings. The number of methoxy groups -OCH3 is 1. The predicted molar refractivity (Wildman–Crippen MR) is 111 cm³/mol. The van der Waals surface area contributed by atoms with Gasteiger partial charge in [-0.15, -0.1) is 11.3 Å². The molecule has 2 aromatic rings. The summed E-state index contributed by atoms with van der Waals surface area (Å²) in [7, 11) is 1.74. The normalized spacial score (nSPS) is 24.9. The SMILES string of the molecule is CO[C@H]1CCN(CC(=O)Nc2nc(-c3ccc(F)cc3)c(C)s2)C[C@]12CCCO2. The van der Waals surface area contributed by atoms with Crippen LogP contribution >= 0.6 is 11.3 Å². The van der Waals surface area contributed by atoms with Gasteiger partial charge in [-0.2, -0.15) is 0 Å². The van der Waals surface area contributed by atoms with Crippen molar-refractivity contribution in [1.29, 1.82) is 0 Å². The lowest BCUT2D eigenvalue weighted by Crippen LogP contribution is -2.58. The maximum absolute atomic E-state index is 13.2. The number of anilines is 1. The molecule has 2 saturated heterocycles. The van der Waals surface area contributed by atoms with Crippen molar-refractivity contribution < 1.29 is 18.7 Å². The summed E-state index contributed by atoms with van der Waals surface area (Å²) in [6.07, 6.45) is 2.94. The van der Waals surface area contributed by atoms with Gasteiger partial charge in [-0.3, -0.25) is 9.69 Å². The second-order valence-corrected chi connectivity index (χ2v) is 8.92. The highest BCUT2D eigenvalue weighted by Gasteiger charge is 2.47. The van der Waals surface area contributed by atoms with Crippen molar-refractivity contribution in [1.82, 2.24) is 9.88 Å². The summed E-state index contributed by atoms with van der Waals surface area (Å²) in [6, 6.07) is 6.22. The Labute approximate surface area is 174 Å². The minimum atomic E-state index is -0.291. The summed E-state index contributed by atoms with van der Waals surface area (Å²) in [5.74, 6) is -0.371. The standard InChI is InChI=1S/C21H26FN3O3S/c1-14-19(15-4-6-16(22)7-5-15)24-20(29-14)23-18(26)12-25-10-8-17(27-2)21(13-25)9-3-11-28-21/h4-7,17H,3,8-13H2,1-2H3,(H,23,24,26)/t17-,21+/m0/s1. The maximum Gasteiger partial charge on any atom is 0.240 e. The van der Waals surface area contributed by atoms with Gasteiger partial charge in [0.1, 0.15) is 11.4 Å². The van der Waals surface area contributed by atoms with Crippen LogP contribution < -0.4 is 5.32 Å². The van der Waals surface area contributed by atoms with Crippen molar-refractivity contribution >= 4 is 22.4 Å². The van der Waals surface area contributed by atoms with Crippen LogP contribution in [-0.4, -0.2) is 60.8 Å². The first-order chi connectivity index (χ1) is 14.0. The Kier molecular flexibility index (Phi) is 5.96. The number of hydrogen-bond acceptors (Lipinski definition) is 6. The first-order valence-electron chi connectivity index (χ1n) is 9.91. The van der Waals surface area contributed by atoms with E-state index in [0.717, 1.165) is 48.5 Å². The van der Waals surface area contributed by atoms with Gasteiger partial charge in [-0.25, -0.2) is 9.37 Å². The number of hydrogen-bond donors (Lipinski definition) is 1. The topological polar surface area (TPSA) is 63.7 Å². The smallest absolute Gasteiger partial charge is 0.240 e. The van der Waals surface area contributed by atoms with Crippen molar-refractivity contribution in [2.24, 2.45) is 0 Å². The molecule has 29 heavy (non-hydrogen) atoms. The quantitative estimate of drug-likeness (QED) is 0.804. The number of piperidine rings is 1. The third-order valence-corrected chi connectivity index (χ3v) is 6.62. The van der Waals surface area contributed by atoms with Crippen LogP contribution in [0.15, 0.2) is 24.3 Å². The highest BCUT2D eigenvalue weighted by Crippen LogP contribution is 2.36. The van der Waals surface area contributed by atoms with Crippen LogP contribution in [0.2, 0.25) is 0 Å². The molecule has 1 aromatic carbocycles. The zero-order valence-corrected chi connectivity index (χ0v) is 17.6. The molecule has 4 rings (SSSR count). The molecule has 2 atom stereocenters. The van der Waals surface area contributed by atoms with Gasteiger partial charge in [0.05, 0.1) is 18.3 Å². The average molecular weight is 420 g/mol. The summed E-state index contributed by atoms with van der Waals surface area (Å²) in [4.78, 5) is 20.3. The highest BCUT2D eigenvalue weighted by molar-refractivity contribution is 7.16. The summed E-state index contributed by atoms with van der Waals surface area (Å²) in [5.41, 5.74) is 1.31. The number of amides is 1. The van der Waals surface area contributed by atoms with Crippen LogP contribution in [0.5, 0.6) is 0 Å². The van der Waals surface area contributed by atoms with Crippen molar-refractivity contribution in [3.63, 3.8) is 0 Å². The first kappa shape index (κ1) is 20.4. The lowest BCUT2D eigenvalue weighted by Gasteiger charge is -2.44. The Morgan fingerprint density at radius 1 is 1.45 bits per heavy atom. The molecule has 2 aliphatic rings. The van der Waals surface area contributed by atoms with E-state index in [9.17, 15) is 9.18 Å². The van der Waals surface area contributed by atoms with Crippen LogP contribution in [0.4, 0.5) is 9.52 Å². The third-order valence-electron chi connectivity index (χ3n) is 5.73.